The highest BCUT2D eigenvalue weighted by Gasteiger charge is 2.32. The van der Waals surface area contributed by atoms with Gasteiger partial charge in [-0.25, -0.2) is 0 Å². The highest BCUT2D eigenvalue weighted by molar-refractivity contribution is 4.87. The van der Waals surface area contributed by atoms with Crippen LogP contribution in [-0.2, 0) is 4.74 Å². The average Bonchev–Trinajstić information content (AvgIpc) is 3.14. The van der Waals surface area contributed by atoms with Crippen molar-refractivity contribution < 1.29 is 9.84 Å². The summed E-state index contributed by atoms with van der Waals surface area (Å²) in [6, 6.07) is 0.778. The molecule has 3 heteroatoms. The maximum atomic E-state index is 10.2. The Morgan fingerprint density at radius 3 is 2.59 bits per heavy atom. The van der Waals surface area contributed by atoms with Crippen LogP contribution in [0.4, 0.5) is 0 Å². The molecule has 0 aromatic rings. The van der Waals surface area contributed by atoms with Crippen molar-refractivity contribution in [3.05, 3.63) is 0 Å². The molecule has 0 amide bonds. The van der Waals surface area contributed by atoms with Crippen molar-refractivity contribution in [2.75, 3.05) is 26.8 Å². The Balaban J connectivity index is 1.82. The molecule has 17 heavy (non-hydrogen) atoms. The molecule has 0 spiro atoms. The molecule has 2 aliphatic rings. The maximum absolute atomic E-state index is 10.2. The van der Waals surface area contributed by atoms with E-state index in [4.69, 9.17) is 4.74 Å². The van der Waals surface area contributed by atoms with Crippen LogP contribution in [0, 0.1) is 5.92 Å². The molecule has 0 saturated heterocycles. The number of methoxy groups -OCH3 is 1. The molecule has 100 valence electrons. The smallest absolute Gasteiger partial charge is 0.0589 e. The molecule has 0 aliphatic heterocycles. The summed E-state index contributed by atoms with van der Waals surface area (Å²) in [7, 11) is 1.77. The number of hydrogen-bond donors (Lipinski definition) is 1. The minimum absolute atomic E-state index is 0.0682. The van der Waals surface area contributed by atoms with E-state index in [9.17, 15) is 5.11 Å². The average molecular weight is 241 g/mol. The number of nitrogens with zero attached hydrogens (tertiary/aromatic N) is 1. The molecule has 0 heterocycles. The third-order valence-corrected chi connectivity index (χ3v) is 4.23. The molecule has 2 rings (SSSR count). The van der Waals surface area contributed by atoms with Crippen molar-refractivity contribution in [2.24, 2.45) is 5.92 Å². The summed E-state index contributed by atoms with van der Waals surface area (Å²) < 4.78 is 5.19. The van der Waals surface area contributed by atoms with E-state index in [1.165, 1.54) is 38.5 Å². The Kier molecular flexibility index (Phi) is 5.26. The summed E-state index contributed by atoms with van der Waals surface area (Å²) >= 11 is 0. The Bertz CT molecular complexity index is 218. The van der Waals surface area contributed by atoms with Crippen LogP contribution in [0.25, 0.3) is 0 Å². The number of aliphatic hydroxyl groups excluding tert-OH is 1. The van der Waals surface area contributed by atoms with E-state index in [1.807, 2.05) is 0 Å². The van der Waals surface area contributed by atoms with E-state index >= 15 is 0 Å². The largest absolute Gasteiger partial charge is 0.393 e. The number of aliphatic hydroxyl groups is 1. The first-order valence-corrected chi connectivity index (χ1v) is 7.22. The van der Waals surface area contributed by atoms with Gasteiger partial charge in [-0.3, -0.25) is 4.90 Å². The van der Waals surface area contributed by atoms with Gasteiger partial charge in [0, 0.05) is 26.2 Å². The highest BCUT2D eigenvalue weighted by Crippen LogP contribution is 2.30. The van der Waals surface area contributed by atoms with E-state index in [0.29, 0.717) is 5.92 Å². The van der Waals surface area contributed by atoms with Crippen LogP contribution in [0.1, 0.15) is 44.9 Å². The molecule has 0 radical (unpaired) electrons. The predicted molar refractivity (Wildman–Crippen MR) is 69.1 cm³/mol. The molecular formula is C14H27NO2. The van der Waals surface area contributed by atoms with Gasteiger partial charge < -0.3 is 9.84 Å². The van der Waals surface area contributed by atoms with Crippen molar-refractivity contribution in [2.45, 2.75) is 57.1 Å². The Morgan fingerprint density at radius 1 is 1.12 bits per heavy atom. The quantitative estimate of drug-likeness (QED) is 0.722. The van der Waals surface area contributed by atoms with Crippen LogP contribution < -0.4 is 0 Å². The lowest BCUT2D eigenvalue weighted by molar-refractivity contribution is 0.0611. The normalized spacial score (nSPS) is 30.5. The van der Waals surface area contributed by atoms with Crippen molar-refractivity contribution in [1.29, 1.82) is 0 Å². The topological polar surface area (TPSA) is 32.7 Å². The summed E-state index contributed by atoms with van der Waals surface area (Å²) in [5.41, 5.74) is 0. The predicted octanol–water partition coefficient (Wildman–Crippen LogP) is 2.04. The summed E-state index contributed by atoms with van der Waals surface area (Å²) in [5, 5.41) is 10.2. The molecular weight excluding hydrogens is 214 g/mol. The van der Waals surface area contributed by atoms with Gasteiger partial charge in [-0.2, -0.15) is 0 Å². The first kappa shape index (κ1) is 13.3. The third-order valence-electron chi connectivity index (χ3n) is 4.23. The standard InChI is InChI=1S/C14H27NO2/c1-17-10-9-15(13-7-8-13)11-12-5-3-2-4-6-14(12)16/h12-14,16H,2-11H2,1H3. The first-order valence-electron chi connectivity index (χ1n) is 7.22. The Morgan fingerprint density at radius 2 is 1.88 bits per heavy atom. The van der Waals surface area contributed by atoms with Crippen molar-refractivity contribution in [1.82, 2.24) is 4.90 Å². The minimum atomic E-state index is -0.0682. The zero-order chi connectivity index (χ0) is 12.1. The molecule has 2 fully saturated rings. The van der Waals surface area contributed by atoms with Crippen molar-refractivity contribution >= 4 is 0 Å². The monoisotopic (exact) mass is 241 g/mol. The molecule has 2 atom stereocenters. The van der Waals surface area contributed by atoms with Gasteiger partial charge in [0.15, 0.2) is 0 Å². The SMILES string of the molecule is COCCN(CC1CCCCCC1O)C1CC1. The molecule has 2 aliphatic carbocycles. The van der Waals surface area contributed by atoms with Crippen LogP contribution in [0.5, 0.6) is 0 Å². The molecule has 0 bridgehead atoms. The van der Waals surface area contributed by atoms with Gasteiger partial charge in [0.05, 0.1) is 12.7 Å². The van der Waals surface area contributed by atoms with Gasteiger partial charge in [-0.05, 0) is 31.6 Å². The fraction of sp³-hybridized carbons (Fsp3) is 1.00. The number of hydrogen-bond acceptors (Lipinski definition) is 3. The minimum Gasteiger partial charge on any atom is -0.393 e. The maximum Gasteiger partial charge on any atom is 0.0589 e. The molecule has 2 saturated carbocycles. The lowest BCUT2D eigenvalue weighted by Gasteiger charge is -2.29. The van der Waals surface area contributed by atoms with E-state index in [2.05, 4.69) is 4.90 Å². The van der Waals surface area contributed by atoms with Crippen LogP contribution in [0.3, 0.4) is 0 Å². The fourth-order valence-electron chi connectivity index (χ4n) is 2.95. The number of rotatable bonds is 6. The van der Waals surface area contributed by atoms with E-state index in [1.54, 1.807) is 7.11 Å². The van der Waals surface area contributed by atoms with Gasteiger partial charge in [-0.15, -0.1) is 0 Å². The number of ether oxygens (including phenoxy) is 1. The summed E-state index contributed by atoms with van der Waals surface area (Å²) in [4.78, 5) is 2.54. The van der Waals surface area contributed by atoms with Gasteiger partial charge >= 0.3 is 0 Å². The van der Waals surface area contributed by atoms with Crippen LogP contribution in [0.15, 0.2) is 0 Å². The Labute approximate surface area is 105 Å². The second-order valence-electron chi connectivity index (χ2n) is 5.68. The zero-order valence-corrected chi connectivity index (χ0v) is 11.1. The van der Waals surface area contributed by atoms with E-state index in [-0.39, 0.29) is 6.10 Å². The summed E-state index contributed by atoms with van der Waals surface area (Å²) in [6.45, 7) is 2.93. The molecule has 3 nitrogen and oxygen atoms in total. The highest BCUT2D eigenvalue weighted by atomic mass is 16.5. The fourth-order valence-corrected chi connectivity index (χ4v) is 2.95. The van der Waals surface area contributed by atoms with Crippen molar-refractivity contribution in [3.63, 3.8) is 0 Å². The first-order chi connectivity index (χ1) is 8.31. The van der Waals surface area contributed by atoms with Gasteiger partial charge in [0.25, 0.3) is 0 Å². The van der Waals surface area contributed by atoms with Crippen LogP contribution in [0.2, 0.25) is 0 Å². The van der Waals surface area contributed by atoms with Crippen LogP contribution in [-0.4, -0.2) is 49.0 Å². The summed E-state index contributed by atoms with van der Waals surface area (Å²) in [5.74, 6) is 0.495. The summed E-state index contributed by atoms with van der Waals surface area (Å²) in [6.07, 6.45) is 8.63. The van der Waals surface area contributed by atoms with Gasteiger partial charge in [-0.1, -0.05) is 19.3 Å². The molecule has 0 aromatic heterocycles. The van der Waals surface area contributed by atoms with Crippen LogP contribution >= 0.6 is 0 Å². The molecule has 0 aromatic carbocycles. The van der Waals surface area contributed by atoms with E-state index < -0.39 is 0 Å². The zero-order valence-electron chi connectivity index (χ0n) is 11.1. The Hall–Kier alpha value is -0.120. The lowest BCUT2D eigenvalue weighted by Crippen LogP contribution is -2.38. The van der Waals surface area contributed by atoms with Gasteiger partial charge in [0.2, 0.25) is 0 Å². The lowest BCUT2D eigenvalue weighted by atomic mass is 9.96. The molecule has 2 unspecified atom stereocenters. The second-order valence-corrected chi connectivity index (χ2v) is 5.68. The van der Waals surface area contributed by atoms with E-state index in [0.717, 1.165) is 32.2 Å². The van der Waals surface area contributed by atoms with Gasteiger partial charge in [0.1, 0.15) is 0 Å². The van der Waals surface area contributed by atoms with Crippen molar-refractivity contribution in [3.8, 4) is 0 Å². The third kappa shape index (κ3) is 4.23. The second kappa shape index (κ2) is 6.72. The molecule has 1 N–H and O–H groups in total.